The number of aromatic nitrogens is 2. The maximum absolute atomic E-state index is 11.3. The first kappa shape index (κ1) is 10.8. The smallest absolute Gasteiger partial charge is 0.227 e. The van der Waals surface area contributed by atoms with Gasteiger partial charge in [-0.05, 0) is 6.42 Å². The summed E-state index contributed by atoms with van der Waals surface area (Å²) in [4.78, 5) is 11.3. The Morgan fingerprint density at radius 3 is 2.93 bits per heavy atom. The number of nitrogens with zero attached hydrogens (tertiary/aromatic N) is 2. The van der Waals surface area contributed by atoms with E-state index in [4.69, 9.17) is 0 Å². The predicted octanol–water partition coefficient (Wildman–Crippen LogP) is 1.89. The molecule has 1 rings (SSSR count). The molecule has 0 aliphatic carbocycles. The fourth-order valence-electron chi connectivity index (χ4n) is 1.07. The molecule has 0 fully saturated rings. The van der Waals surface area contributed by atoms with Crippen molar-refractivity contribution in [3.05, 3.63) is 12.4 Å². The van der Waals surface area contributed by atoms with Gasteiger partial charge in [0, 0.05) is 18.7 Å². The standard InChI is InChI=1S/C10H17N3O/c1-4-5-13-7-9(6-11-13)12-10(14)8(2)3/h6-8H,4-5H2,1-3H3,(H,12,14). The van der Waals surface area contributed by atoms with Gasteiger partial charge in [-0.1, -0.05) is 20.8 Å². The summed E-state index contributed by atoms with van der Waals surface area (Å²) in [6.45, 7) is 6.71. The molecule has 0 saturated heterocycles. The van der Waals surface area contributed by atoms with Crippen LogP contribution in [-0.4, -0.2) is 15.7 Å². The van der Waals surface area contributed by atoms with E-state index in [0.717, 1.165) is 18.7 Å². The van der Waals surface area contributed by atoms with Crippen LogP contribution >= 0.6 is 0 Å². The number of rotatable bonds is 4. The zero-order valence-corrected chi connectivity index (χ0v) is 8.95. The van der Waals surface area contributed by atoms with Crippen LogP contribution in [0.3, 0.4) is 0 Å². The van der Waals surface area contributed by atoms with Crippen molar-refractivity contribution in [2.75, 3.05) is 5.32 Å². The van der Waals surface area contributed by atoms with E-state index in [1.807, 2.05) is 24.7 Å². The summed E-state index contributed by atoms with van der Waals surface area (Å²) in [5.74, 6) is 0.0329. The Morgan fingerprint density at radius 2 is 2.36 bits per heavy atom. The number of aryl methyl sites for hydroxylation is 1. The molecule has 0 spiro atoms. The van der Waals surface area contributed by atoms with E-state index >= 15 is 0 Å². The van der Waals surface area contributed by atoms with E-state index < -0.39 is 0 Å². The zero-order chi connectivity index (χ0) is 10.6. The minimum atomic E-state index is 0.00419. The first-order chi connectivity index (χ1) is 6.63. The van der Waals surface area contributed by atoms with Gasteiger partial charge in [-0.2, -0.15) is 5.10 Å². The Labute approximate surface area is 84.3 Å². The van der Waals surface area contributed by atoms with Crippen LogP contribution in [0.25, 0.3) is 0 Å². The summed E-state index contributed by atoms with van der Waals surface area (Å²) >= 11 is 0. The Hall–Kier alpha value is -1.32. The van der Waals surface area contributed by atoms with Crippen molar-refractivity contribution in [1.29, 1.82) is 0 Å². The van der Waals surface area contributed by atoms with Crippen LogP contribution in [0, 0.1) is 5.92 Å². The zero-order valence-electron chi connectivity index (χ0n) is 8.95. The lowest BCUT2D eigenvalue weighted by Crippen LogP contribution is -2.17. The summed E-state index contributed by atoms with van der Waals surface area (Å²) in [5.41, 5.74) is 0.775. The van der Waals surface area contributed by atoms with Gasteiger partial charge in [0.2, 0.25) is 5.91 Å². The molecular formula is C10H17N3O. The topological polar surface area (TPSA) is 46.9 Å². The largest absolute Gasteiger partial charge is 0.323 e. The molecule has 0 aromatic carbocycles. The van der Waals surface area contributed by atoms with Crippen LogP contribution in [-0.2, 0) is 11.3 Å². The molecule has 4 heteroatoms. The van der Waals surface area contributed by atoms with Gasteiger partial charge >= 0.3 is 0 Å². The van der Waals surface area contributed by atoms with Gasteiger partial charge in [0.05, 0.1) is 11.9 Å². The molecular weight excluding hydrogens is 178 g/mol. The van der Waals surface area contributed by atoms with E-state index in [1.54, 1.807) is 6.20 Å². The molecule has 0 radical (unpaired) electrons. The van der Waals surface area contributed by atoms with E-state index in [0.29, 0.717) is 0 Å². The minimum absolute atomic E-state index is 0.00419. The fraction of sp³-hybridized carbons (Fsp3) is 0.600. The normalized spacial score (nSPS) is 10.6. The summed E-state index contributed by atoms with van der Waals surface area (Å²) in [5, 5.41) is 6.92. The van der Waals surface area contributed by atoms with Crippen LogP contribution in [0.4, 0.5) is 5.69 Å². The van der Waals surface area contributed by atoms with Crippen molar-refractivity contribution in [1.82, 2.24) is 9.78 Å². The van der Waals surface area contributed by atoms with Crippen LogP contribution in [0.5, 0.6) is 0 Å². The second-order valence-corrected chi connectivity index (χ2v) is 3.64. The van der Waals surface area contributed by atoms with Gasteiger partial charge in [-0.3, -0.25) is 9.48 Å². The third-order valence-electron chi connectivity index (χ3n) is 1.88. The highest BCUT2D eigenvalue weighted by atomic mass is 16.1. The highest BCUT2D eigenvalue weighted by molar-refractivity contribution is 5.91. The third-order valence-corrected chi connectivity index (χ3v) is 1.88. The van der Waals surface area contributed by atoms with Crippen LogP contribution in [0.15, 0.2) is 12.4 Å². The van der Waals surface area contributed by atoms with Crippen molar-refractivity contribution in [2.24, 2.45) is 5.92 Å². The van der Waals surface area contributed by atoms with Crippen LogP contribution < -0.4 is 5.32 Å². The molecule has 0 atom stereocenters. The van der Waals surface area contributed by atoms with Crippen molar-refractivity contribution in [2.45, 2.75) is 33.7 Å². The molecule has 0 aliphatic heterocycles. The average molecular weight is 195 g/mol. The van der Waals surface area contributed by atoms with Crippen molar-refractivity contribution in [3.8, 4) is 0 Å². The van der Waals surface area contributed by atoms with E-state index in [-0.39, 0.29) is 11.8 Å². The number of hydrogen-bond acceptors (Lipinski definition) is 2. The van der Waals surface area contributed by atoms with Gasteiger partial charge in [0.25, 0.3) is 0 Å². The van der Waals surface area contributed by atoms with Crippen molar-refractivity contribution in [3.63, 3.8) is 0 Å². The SMILES string of the molecule is CCCn1cc(NC(=O)C(C)C)cn1. The maximum atomic E-state index is 11.3. The summed E-state index contributed by atoms with van der Waals surface area (Å²) in [6.07, 6.45) is 4.57. The molecule has 0 bridgehead atoms. The molecule has 0 saturated carbocycles. The molecule has 1 heterocycles. The van der Waals surface area contributed by atoms with E-state index in [1.165, 1.54) is 0 Å². The molecule has 1 aromatic heterocycles. The third kappa shape index (κ3) is 2.87. The molecule has 0 aliphatic rings. The molecule has 1 N–H and O–H groups in total. The van der Waals surface area contributed by atoms with Crippen molar-refractivity contribution < 1.29 is 4.79 Å². The first-order valence-corrected chi connectivity index (χ1v) is 4.96. The van der Waals surface area contributed by atoms with Crippen molar-refractivity contribution >= 4 is 11.6 Å². The number of carbonyl (C=O) groups is 1. The van der Waals surface area contributed by atoms with Gasteiger partial charge in [-0.15, -0.1) is 0 Å². The Balaban J connectivity index is 2.55. The first-order valence-electron chi connectivity index (χ1n) is 4.96. The van der Waals surface area contributed by atoms with E-state index in [9.17, 15) is 4.79 Å². The lowest BCUT2D eigenvalue weighted by atomic mass is 10.2. The molecule has 14 heavy (non-hydrogen) atoms. The van der Waals surface area contributed by atoms with Gasteiger partial charge in [0.1, 0.15) is 0 Å². The number of carbonyl (C=O) groups excluding carboxylic acids is 1. The Kier molecular flexibility index (Phi) is 3.68. The van der Waals surface area contributed by atoms with E-state index in [2.05, 4.69) is 17.3 Å². The fourth-order valence-corrected chi connectivity index (χ4v) is 1.07. The average Bonchev–Trinajstić information content (AvgIpc) is 2.53. The van der Waals surface area contributed by atoms with Gasteiger partial charge in [-0.25, -0.2) is 0 Å². The quantitative estimate of drug-likeness (QED) is 0.797. The molecule has 1 aromatic rings. The monoisotopic (exact) mass is 195 g/mol. The van der Waals surface area contributed by atoms with Crippen LogP contribution in [0.1, 0.15) is 27.2 Å². The molecule has 1 amide bonds. The second-order valence-electron chi connectivity index (χ2n) is 3.64. The minimum Gasteiger partial charge on any atom is -0.323 e. The molecule has 0 unspecified atom stereocenters. The Bertz CT molecular complexity index is 304. The molecule has 4 nitrogen and oxygen atoms in total. The lowest BCUT2D eigenvalue weighted by molar-refractivity contribution is -0.118. The maximum Gasteiger partial charge on any atom is 0.227 e. The Morgan fingerprint density at radius 1 is 1.64 bits per heavy atom. The van der Waals surface area contributed by atoms with Crippen LogP contribution in [0.2, 0.25) is 0 Å². The number of amides is 1. The highest BCUT2D eigenvalue weighted by Gasteiger charge is 2.07. The number of anilines is 1. The summed E-state index contributed by atoms with van der Waals surface area (Å²) in [6, 6.07) is 0. The number of hydrogen-bond donors (Lipinski definition) is 1. The van der Waals surface area contributed by atoms with Gasteiger partial charge in [0.15, 0.2) is 0 Å². The second kappa shape index (κ2) is 4.79. The van der Waals surface area contributed by atoms with Gasteiger partial charge < -0.3 is 5.32 Å². The summed E-state index contributed by atoms with van der Waals surface area (Å²) < 4.78 is 1.83. The number of nitrogens with one attached hydrogen (secondary N) is 1. The lowest BCUT2D eigenvalue weighted by Gasteiger charge is -2.04. The highest BCUT2D eigenvalue weighted by Crippen LogP contribution is 2.07. The predicted molar refractivity (Wildman–Crippen MR) is 56.0 cm³/mol. The summed E-state index contributed by atoms with van der Waals surface area (Å²) in [7, 11) is 0. The molecule has 78 valence electrons.